The number of methoxy groups -OCH3 is 1. The van der Waals surface area contributed by atoms with Crippen LogP contribution in [0.4, 0.5) is 4.79 Å². The molecule has 2 aliphatic heterocycles. The number of hydrogen-bond donors (Lipinski definition) is 2. The van der Waals surface area contributed by atoms with E-state index in [1.165, 1.54) is 5.56 Å². The van der Waals surface area contributed by atoms with Crippen LogP contribution in [0.5, 0.6) is 0 Å². The van der Waals surface area contributed by atoms with Crippen molar-refractivity contribution >= 4 is 11.9 Å². The predicted molar refractivity (Wildman–Crippen MR) is 111 cm³/mol. The van der Waals surface area contributed by atoms with Crippen molar-refractivity contribution in [2.24, 2.45) is 5.92 Å². The maximum absolute atomic E-state index is 12.8. The van der Waals surface area contributed by atoms with Crippen LogP contribution in [0.3, 0.4) is 0 Å². The zero-order valence-electron chi connectivity index (χ0n) is 17.3. The molecule has 0 aliphatic carbocycles. The first kappa shape index (κ1) is 21.6. The van der Waals surface area contributed by atoms with Gasteiger partial charge in [-0.05, 0) is 37.7 Å². The Hall–Kier alpha value is -2.12. The molecule has 29 heavy (non-hydrogen) atoms. The highest BCUT2D eigenvalue weighted by molar-refractivity contribution is 5.80. The largest absolute Gasteiger partial charge is 0.385 e. The molecule has 1 aromatic carbocycles. The Kier molecular flexibility index (Phi) is 7.89. The molecule has 7 nitrogen and oxygen atoms in total. The Balaban J connectivity index is 1.52. The van der Waals surface area contributed by atoms with Gasteiger partial charge in [-0.2, -0.15) is 0 Å². The molecule has 0 aromatic heterocycles. The van der Waals surface area contributed by atoms with Crippen molar-refractivity contribution in [2.45, 2.75) is 37.6 Å². The smallest absolute Gasteiger partial charge is 0.317 e. The summed E-state index contributed by atoms with van der Waals surface area (Å²) >= 11 is 0. The van der Waals surface area contributed by atoms with E-state index < -0.39 is 5.54 Å². The van der Waals surface area contributed by atoms with E-state index in [0.717, 1.165) is 25.7 Å². The van der Waals surface area contributed by atoms with Crippen molar-refractivity contribution in [1.29, 1.82) is 0 Å². The molecule has 2 heterocycles. The summed E-state index contributed by atoms with van der Waals surface area (Å²) in [7, 11) is 1.66. The van der Waals surface area contributed by atoms with Gasteiger partial charge in [0.25, 0.3) is 0 Å². The van der Waals surface area contributed by atoms with E-state index in [2.05, 4.69) is 22.8 Å². The molecule has 1 aromatic rings. The zero-order valence-corrected chi connectivity index (χ0v) is 17.3. The highest BCUT2D eigenvalue weighted by atomic mass is 16.5. The molecule has 7 heteroatoms. The maximum Gasteiger partial charge on any atom is 0.317 e. The normalized spacial score (nSPS) is 22.4. The minimum Gasteiger partial charge on any atom is -0.385 e. The fourth-order valence-electron chi connectivity index (χ4n) is 4.11. The molecule has 0 bridgehead atoms. The standard InChI is InChI=1S/C22H33N3O4/c1-28-16-11-22(24-20(26)19-8-14-29-15-9-19)10-13-25(17-22)21(27)23-12-7-18-5-3-2-4-6-18/h2-6,19H,7-17H2,1H3,(H,23,27)(H,24,26). The molecule has 0 spiro atoms. The van der Waals surface area contributed by atoms with Crippen molar-refractivity contribution < 1.29 is 19.1 Å². The molecule has 3 amide bonds. The van der Waals surface area contributed by atoms with Crippen LogP contribution in [0, 0.1) is 5.92 Å². The highest BCUT2D eigenvalue weighted by Gasteiger charge is 2.42. The van der Waals surface area contributed by atoms with Crippen LogP contribution in [0.2, 0.25) is 0 Å². The minimum atomic E-state index is -0.415. The summed E-state index contributed by atoms with van der Waals surface area (Å²) < 4.78 is 10.6. The van der Waals surface area contributed by atoms with Gasteiger partial charge >= 0.3 is 6.03 Å². The summed E-state index contributed by atoms with van der Waals surface area (Å²) in [6.45, 7) is 3.58. The van der Waals surface area contributed by atoms with Gasteiger partial charge in [-0.15, -0.1) is 0 Å². The Morgan fingerprint density at radius 3 is 2.72 bits per heavy atom. The molecule has 1 atom stereocenters. The first-order valence-corrected chi connectivity index (χ1v) is 10.6. The molecule has 1 unspecified atom stereocenters. The van der Waals surface area contributed by atoms with Crippen molar-refractivity contribution in [1.82, 2.24) is 15.5 Å². The predicted octanol–water partition coefficient (Wildman–Crippen LogP) is 1.96. The van der Waals surface area contributed by atoms with Gasteiger partial charge in [0.2, 0.25) is 5.91 Å². The molecule has 3 rings (SSSR count). The number of carbonyl (C=O) groups excluding carboxylic acids is 2. The first-order valence-electron chi connectivity index (χ1n) is 10.6. The van der Waals surface area contributed by atoms with Crippen molar-refractivity contribution in [3.8, 4) is 0 Å². The van der Waals surface area contributed by atoms with E-state index in [4.69, 9.17) is 9.47 Å². The highest BCUT2D eigenvalue weighted by Crippen LogP contribution is 2.27. The van der Waals surface area contributed by atoms with Crippen molar-refractivity contribution in [2.75, 3.05) is 46.6 Å². The van der Waals surface area contributed by atoms with Gasteiger partial charge in [0.15, 0.2) is 0 Å². The Bertz CT molecular complexity index is 663. The van der Waals surface area contributed by atoms with Crippen LogP contribution in [0.1, 0.15) is 31.2 Å². The van der Waals surface area contributed by atoms with E-state index in [-0.39, 0.29) is 17.9 Å². The van der Waals surface area contributed by atoms with Gasteiger partial charge in [-0.25, -0.2) is 4.79 Å². The van der Waals surface area contributed by atoms with E-state index in [9.17, 15) is 9.59 Å². The van der Waals surface area contributed by atoms with E-state index in [0.29, 0.717) is 45.9 Å². The van der Waals surface area contributed by atoms with Crippen LogP contribution < -0.4 is 10.6 Å². The number of urea groups is 1. The van der Waals surface area contributed by atoms with Crippen molar-refractivity contribution in [3.05, 3.63) is 35.9 Å². The maximum atomic E-state index is 12.8. The van der Waals surface area contributed by atoms with E-state index in [1.807, 2.05) is 23.1 Å². The molecule has 160 valence electrons. The first-order chi connectivity index (χ1) is 14.1. The Labute approximate surface area is 173 Å². The summed E-state index contributed by atoms with van der Waals surface area (Å²) in [5.74, 6) is 0.0765. The second-order valence-corrected chi connectivity index (χ2v) is 8.04. The van der Waals surface area contributed by atoms with E-state index in [1.54, 1.807) is 7.11 Å². The quantitative estimate of drug-likeness (QED) is 0.695. The number of benzene rings is 1. The molecular formula is C22H33N3O4. The number of nitrogens with zero attached hydrogens (tertiary/aromatic N) is 1. The minimum absolute atomic E-state index is 0.00285. The third-order valence-electron chi connectivity index (χ3n) is 5.94. The summed E-state index contributed by atoms with van der Waals surface area (Å²) in [6.07, 6.45) is 3.77. The Morgan fingerprint density at radius 2 is 2.00 bits per heavy atom. The number of hydrogen-bond acceptors (Lipinski definition) is 4. The monoisotopic (exact) mass is 403 g/mol. The summed E-state index contributed by atoms with van der Waals surface area (Å²) in [5, 5.41) is 6.28. The zero-order chi connectivity index (χ0) is 20.5. The van der Waals surface area contributed by atoms with Gasteiger partial charge in [0.1, 0.15) is 0 Å². The van der Waals surface area contributed by atoms with Gasteiger partial charge < -0.3 is 25.0 Å². The lowest BCUT2D eigenvalue weighted by molar-refractivity contribution is -0.130. The average Bonchev–Trinajstić information content (AvgIpc) is 3.18. The van der Waals surface area contributed by atoms with Crippen LogP contribution >= 0.6 is 0 Å². The summed E-state index contributed by atoms with van der Waals surface area (Å²) in [6, 6.07) is 10.0. The lowest BCUT2D eigenvalue weighted by Gasteiger charge is -2.33. The molecule has 0 radical (unpaired) electrons. The number of ether oxygens (including phenoxy) is 2. The fraction of sp³-hybridized carbons (Fsp3) is 0.636. The molecular weight excluding hydrogens is 370 g/mol. The molecule has 2 fully saturated rings. The second-order valence-electron chi connectivity index (χ2n) is 8.04. The van der Waals surface area contributed by atoms with Crippen LogP contribution in [0.25, 0.3) is 0 Å². The van der Waals surface area contributed by atoms with E-state index >= 15 is 0 Å². The molecule has 2 N–H and O–H groups in total. The van der Waals surface area contributed by atoms with Crippen molar-refractivity contribution in [3.63, 3.8) is 0 Å². The average molecular weight is 404 g/mol. The van der Waals surface area contributed by atoms with Crippen LogP contribution in [0.15, 0.2) is 30.3 Å². The van der Waals surface area contributed by atoms with Gasteiger partial charge in [-0.1, -0.05) is 30.3 Å². The third-order valence-corrected chi connectivity index (χ3v) is 5.94. The topological polar surface area (TPSA) is 79.9 Å². The number of likely N-dealkylation sites (tertiary alicyclic amines) is 1. The SMILES string of the molecule is COCCC1(NC(=O)C2CCOCC2)CCN(C(=O)NCCc2ccccc2)C1. The number of nitrogens with one attached hydrogen (secondary N) is 2. The number of carbonyl (C=O) groups is 2. The Morgan fingerprint density at radius 1 is 1.24 bits per heavy atom. The van der Waals surface area contributed by atoms with Gasteiger partial charge in [0, 0.05) is 52.5 Å². The van der Waals surface area contributed by atoms with Gasteiger partial charge in [0.05, 0.1) is 5.54 Å². The third kappa shape index (κ3) is 6.18. The molecule has 0 saturated carbocycles. The molecule has 2 saturated heterocycles. The summed E-state index contributed by atoms with van der Waals surface area (Å²) in [5.41, 5.74) is 0.787. The second kappa shape index (κ2) is 10.6. The fourth-order valence-corrected chi connectivity index (χ4v) is 4.11. The van der Waals surface area contributed by atoms with Gasteiger partial charge in [-0.3, -0.25) is 4.79 Å². The van der Waals surface area contributed by atoms with Crippen LogP contribution in [-0.2, 0) is 20.7 Å². The number of amides is 3. The lowest BCUT2D eigenvalue weighted by Crippen LogP contribution is -2.54. The molecule has 2 aliphatic rings. The van der Waals surface area contributed by atoms with Crippen LogP contribution in [-0.4, -0.2) is 68.9 Å². The lowest BCUT2D eigenvalue weighted by atomic mass is 9.91. The number of rotatable bonds is 8. The summed E-state index contributed by atoms with van der Waals surface area (Å²) in [4.78, 5) is 27.3.